The van der Waals surface area contributed by atoms with Gasteiger partial charge in [0, 0.05) is 36.2 Å². The fourth-order valence-corrected chi connectivity index (χ4v) is 3.85. The van der Waals surface area contributed by atoms with Gasteiger partial charge in [-0.1, -0.05) is 6.07 Å². The Hall–Kier alpha value is -2.34. The van der Waals surface area contributed by atoms with Gasteiger partial charge in [0.2, 0.25) is 0 Å². The Morgan fingerprint density at radius 3 is 2.77 bits per heavy atom. The number of methoxy groups -OCH3 is 2. The van der Waals surface area contributed by atoms with Gasteiger partial charge in [-0.05, 0) is 39.3 Å². The van der Waals surface area contributed by atoms with E-state index in [0.717, 1.165) is 60.8 Å². The van der Waals surface area contributed by atoms with Crippen LogP contribution in [0, 0.1) is 13.8 Å². The lowest BCUT2D eigenvalue weighted by atomic mass is 9.94. The van der Waals surface area contributed by atoms with E-state index in [-0.39, 0.29) is 11.5 Å². The van der Waals surface area contributed by atoms with Gasteiger partial charge in [0.25, 0.3) is 5.56 Å². The molecule has 1 aromatic heterocycles. The van der Waals surface area contributed by atoms with Gasteiger partial charge >= 0.3 is 0 Å². The molecule has 1 aromatic carbocycles. The summed E-state index contributed by atoms with van der Waals surface area (Å²) in [6.45, 7) is 6.59. The average molecular weight is 357 g/mol. The van der Waals surface area contributed by atoms with Gasteiger partial charge in [0.15, 0.2) is 0 Å². The van der Waals surface area contributed by atoms with Crippen molar-refractivity contribution in [2.24, 2.45) is 0 Å². The van der Waals surface area contributed by atoms with Crippen LogP contribution in [-0.4, -0.2) is 42.2 Å². The summed E-state index contributed by atoms with van der Waals surface area (Å²) >= 11 is 0. The molecule has 1 saturated heterocycles. The van der Waals surface area contributed by atoms with Gasteiger partial charge in [-0.3, -0.25) is 9.69 Å². The van der Waals surface area contributed by atoms with Gasteiger partial charge < -0.3 is 14.5 Å². The monoisotopic (exact) mass is 357 g/mol. The fourth-order valence-electron chi connectivity index (χ4n) is 3.85. The van der Waals surface area contributed by atoms with Gasteiger partial charge in [-0.15, -0.1) is 0 Å². The first-order valence-corrected chi connectivity index (χ1v) is 9.02. The lowest BCUT2D eigenvalue weighted by molar-refractivity contribution is 0.196. The number of hydrogen-bond acceptors (Lipinski definition) is 5. The third-order valence-corrected chi connectivity index (χ3v) is 5.06. The van der Waals surface area contributed by atoms with E-state index in [1.54, 1.807) is 20.3 Å². The Bertz CT molecular complexity index is 832. The van der Waals surface area contributed by atoms with Crippen LogP contribution in [-0.2, 0) is 6.54 Å². The van der Waals surface area contributed by atoms with Crippen LogP contribution in [0.25, 0.3) is 0 Å². The molecule has 0 amide bonds. The maximum Gasteiger partial charge on any atom is 0.251 e. The number of nitrogens with one attached hydrogen (secondary N) is 1. The predicted octanol–water partition coefficient (Wildman–Crippen LogP) is 2.78. The molecular weight excluding hydrogens is 330 g/mol. The molecule has 6 heteroatoms. The van der Waals surface area contributed by atoms with Crippen molar-refractivity contribution in [3.05, 3.63) is 51.2 Å². The number of benzene rings is 1. The molecule has 1 aliphatic rings. The summed E-state index contributed by atoms with van der Waals surface area (Å²) in [5, 5.41) is 0. The number of hydrogen-bond donors (Lipinski definition) is 1. The van der Waals surface area contributed by atoms with E-state index >= 15 is 0 Å². The maximum atomic E-state index is 11.8. The van der Waals surface area contributed by atoms with Gasteiger partial charge in [0.05, 0.1) is 19.9 Å². The van der Waals surface area contributed by atoms with Gasteiger partial charge in [0.1, 0.15) is 17.3 Å². The van der Waals surface area contributed by atoms with Gasteiger partial charge in [-0.2, -0.15) is 0 Å². The number of nitrogens with zero attached hydrogens (tertiary/aromatic N) is 2. The number of aryl methyl sites for hydroxylation is 1. The Kier molecular flexibility index (Phi) is 5.61. The number of aromatic nitrogens is 2. The quantitative estimate of drug-likeness (QED) is 0.891. The number of H-pyrrole nitrogens is 1. The van der Waals surface area contributed by atoms with Crippen LogP contribution >= 0.6 is 0 Å². The van der Waals surface area contributed by atoms with Crippen molar-refractivity contribution in [1.29, 1.82) is 0 Å². The molecule has 140 valence electrons. The SMILES string of the molecule is COc1ccc(CN2CCCC(c3cc(=O)[nH]c(C)n3)C2)c(OC)c1C. The Balaban J connectivity index is 1.78. The molecule has 1 unspecified atom stereocenters. The van der Waals surface area contributed by atoms with Crippen LogP contribution < -0.4 is 15.0 Å². The molecule has 26 heavy (non-hydrogen) atoms. The molecule has 0 saturated carbocycles. The third-order valence-electron chi connectivity index (χ3n) is 5.06. The van der Waals surface area contributed by atoms with Gasteiger partial charge in [-0.25, -0.2) is 4.98 Å². The molecule has 0 aliphatic carbocycles. The summed E-state index contributed by atoms with van der Waals surface area (Å²) in [6, 6.07) is 5.71. The zero-order chi connectivity index (χ0) is 18.7. The van der Waals surface area contributed by atoms with E-state index in [2.05, 4.69) is 20.9 Å². The number of ether oxygens (including phenoxy) is 2. The molecule has 0 bridgehead atoms. The summed E-state index contributed by atoms with van der Waals surface area (Å²) in [5.74, 6) is 2.69. The lowest BCUT2D eigenvalue weighted by Gasteiger charge is -2.33. The Labute approximate surface area is 154 Å². The largest absolute Gasteiger partial charge is 0.496 e. The zero-order valence-electron chi connectivity index (χ0n) is 16.0. The van der Waals surface area contributed by atoms with E-state index < -0.39 is 0 Å². The van der Waals surface area contributed by atoms with Crippen molar-refractivity contribution in [3.63, 3.8) is 0 Å². The number of aromatic amines is 1. The van der Waals surface area contributed by atoms with Crippen LogP contribution in [0.3, 0.4) is 0 Å². The average Bonchev–Trinajstić information content (AvgIpc) is 2.61. The van der Waals surface area contributed by atoms with Crippen molar-refractivity contribution in [1.82, 2.24) is 14.9 Å². The predicted molar refractivity (Wildman–Crippen MR) is 101 cm³/mol. The van der Waals surface area contributed by atoms with Crippen molar-refractivity contribution in [2.45, 2.75) is 39.2 Å². The van der Waals surface area contributed by atoms with E-state index in [4.69, 9.17) is 9.47 Å². The topological polar surface area (TPSA) is 67.5 Å². The molecule has 2 aromatic rings. The highest BCUT2D eigenvalue weighted by atomic mass is 16.5. The first-order valence-electron chi connectivity index (χ1n) is 9.02. The van der Waals surface area contributed by atoms with E-state index in [0.29, 0.717) is 5.82 Å². The highest BCUT2D eigenvalue weighted by molar-refractivity contribution is 5.49. The molecule has 3 rings (SSSR count). The molecule has 6 nitrogen and oxygen atoms in total. The summed E-state index contributed by atoms with van der Waals surface area (Å²) in [5.41, 5.74) is 3.00. The smallest absolute Gasteiger partial charge is 0.251 e. The Morgan fingerprint density at radius 1 is 1.27 bits per heavy atom. The molecule has 0 radical (unpaired) electrons. The second-order valence-electron chi connectivity index (χ2n) is 6.92. The van der Waals surface area contributed by atoms with Crippen molar-refractivity contribution >= 4 is 0 Å². The number of likely N-dealkylation sites (tertiary alicyclic amines) is 1. The normalized spacial score (nSPS) is 17.9. The number of piperidine rings is 1. The van der Waals surface area contributed by atoms with Crippen LogP contribution in [0.1, 0.15) is 41.4 Å². The summed E-state index contributed by atoms with van der Waals surface area (Å²) in [6.07, 6.45) is 2.15. The molecule has 1 fully saturated rings. The van der Waals surface area contributed by atoms with Crippen molar-refractivity contribution in [2.75, 3.05) is 27.3 Å². The second kappa shape index (κ2) is 7.91. The molecule has 1 aliphatic heterocycles. The lowest BCUT2D eigenvalue weighted by Crippen LogP contribution is -2.34. The summed E-state index contributed by atoms with van der Waals surface area (Å²) in [7, 11) is 3.38. The molecule has 2 heterocycles. The summed E-state index contributed by atoms with van der Waals surface area (Å²) < 4.78 is 11.0. The molecular formula is C20H27N3O3. The highest BCUT2D eigenvalue weighted by Gasteiger charge is 2.24. The van der Waals surface area contributed by atoms with Crippen LogP contribution in [0.15, 0.2) is 23.0 Å². The number of rotatable bonds is 5. The van der Waals surface area contributed by atoms with Crippen molar-refractivity contribution < 1.29 is 9.47 Å². The first-order chi connectivity index (χ1) is 12.5. The minimum absolute atomic E-state index is 0.0722. The van der Waals surface area contributed by atoms with Crippen molar-refractivity contribution in [3.8, 4) is 11.5 Å². The minimum Gasteiger partial charge on any atom is -0.496 e. The second-order valence-corrected chi connectivity index (χ2v) is 6.92. The maximum absolute atomic E-state index is 11.8. The van der Waals surface area contributed by atoms with E-state index in [1.165, 1.54) is 0 Å². The Morgan fingerprint density at radius 2 is 2.08 bits per heavy atom. The first kappa shape index (κ1) is 18.5. The highest BCUT2D eigenvalue weighted by Crippen LogP contribution is 2.33. The molecule has 1 atom stereocenters. The summed E-state index contributed by atoms with van der Waals surface area (Å²) in [4.78, 5) is 21.5. The fraction of sp³-hybridized carbons (Fsp3) is 0.500. The van der Waals surface area contributed by atoms with E-state index in [1.807, 2.05) is 19.9 Å². The molecule has 1 N–H and O–H groups in total. The minimum atomic E-state index is -0.0722. The zero-order valence-corrected chi connectivity index (χ0v) is 16.0. The van der Waals surface area contributed by atoms with Crippen LogP contribution in [0.4, 0.5) is 0 Å². The van der Waals surface area contributed by atoms with E-state index in [9.17, 15) is 4.79 Å². The third kappa shape index (κ3) is 3.90. The molecule has 0 spiro atoms. The van der Waals surface area contributed by atoms with Crippen LogP contribution in [0.5, 0.6) is 11.5 Å². The van der Waals surface area contributed by atoms with Crippen LogP contribution in [0.2, 0.25) is 0 Å². The standard InChI is InChI=1S/C20H27N3O3/c1-13-18(25-3)8-7-16(20(13)26-4)12-23-9-5-6-15(11-23)17-10-19(24)22-14(2)21-17/h7-8,10,15H,5-6,9,11-12H2,1-4H3,(H,21,22,24).